The minimum atomic E-state index is -0.481. The van der Waals surface area contributed by atoms with E-state index in [2.05, 4.69) is 22.1 Å². The molecule has 21 heavy (non-hydrogen) atoms. The summed E-state index contributed by atoms with van der Waals surface area (Å²) in [6.45, 7) is 2.45. The topological polar surface area (TPSA) is 51.2 Å². The van der Waals surface area contributed by atoms with Crippen LogP contribution in [0.3, 0.4) is 0 Å². The lowest BCUT2D eigenvalue weighted by Crippen LogP contribution is -2.24. The molecule has 0 atom stereocenters. The van der Waals surface area contributed by atoms with Crippen LogP contribution in [0.25, 0.3) is 0 Å². The van der Waals surface area contributed by atoms with E-state index < -0.39 is 6.09 Å². The van der Waals surface area contributed by atoms with Gasteiger partial charge in [-0.15, -0.1) is 0 Å². The van der Waals surface area contributed by atoms with E-state index in [1.165, 1.54) is 0 Å². The van der Waals surface area contributed by atoms with Crippen LogP contribution in [-0.4, -0.2) is 17.6 Å². The van der Waals surface area contributed by atoms with Crippen LogP contribution in [0, 0.1) is 18.8 Å². The van der Waals surface area contributed by atoms with Crippen molar-refractivity contribution < 1.29 is 9.53 Å². The molecule has 106 valence electrons. The zero-order chi connectivity index (χ0) is 14.9. The van der Waals surface area contributed by atoms with E-state index in [0.29, 0.717) is 5.69 Å². The number of aromatic nitrogens is 1. The van der Waals surface area contributed by atoms with E-state index >= 15 is 0 Å². The van der Waals surface area contributed by atoms with Gasteiger partial charge in [0, 0.05) is 6.20 Å². The van der Waals surface area contributed by atoms with Gasteiger partial charge in [0.2, 0.25) is 0 Å². The molecular formula is C17H16N2O2. The molecule has 1 amide bonds. The second-order valence-electron chi connectivity index (χ2n) is 4.44. The largest absolute Gasteiger partial charge is 0.445 e. The molecule has 4 nitrogen and oxygen atoms in total. The summed E-state index contributed by atoms with van der Waals surface area (Å²) in [6.07, 6.45) is 1.23. The van der Waals surface area contributed by atoms with Gasteiger partial charge in [-0.25, -0.2) is 9.78 Å². The highest BCUT2D eigenvalue weighted by Gasteiger charge is 2.00. The Morgan fingerprint density at radius 1 is 1.29 bits per heavy atom. The molecule has 1 N–H and O–H groups in total. The highest BCUT2D eigenvalue weighted by Crippen LogP contribution is 2.00. The molecule has 1 heterocycles. The average Bonchev–Trinajstić information content (AvgIpc) is 2.51. The van der Waals surface area contributed by atoms with E-state index in [0.717, 1.165) is 11.1 Å². The molecule has 0 fully saturated rings. The first-order chi connectivity index (χ1) is 10.2. The van der Waals surface area contributed by atoms with Gasteiger partial charge in [-0.3, -0.25) is 0 Å². The number of nitrogens with zero attached hydrogens (tertiary/aromatic N) is 1. The summed E-state index contributed by atoms with van der Waals surface area (Å²) < 4.78 is 5.07. The third kappa shape index (κ3) is 5.37. The number of aryl methyl sites for hydroxylation is 1. The second kappa shape index (κ2) is 7.71. The number of pyridine rings is 1. The summed E-state index contributed by atoms with van der Waals surface area (Å²) in [5.41, 5.74) is 2.74. The number of nitrogens with one attached hydrogen (secondary N) is 1. The number of amides is 1. The van der Waals surface area contributed by atoms with Crippen LogP contribution in [-0.2, 0) is 11.3 Å². The van der Waals surface area contributed by atoms with Crippen LogP contribution >= 0.6 is 0 Å². The minimum Gasteiger partial charge on any atom is -0.445 e. The van der Waals surface area contributed by atoms with Gasteiger partial charge in [-0.05, 0) is 36.1 Å². The first kappa shape index (κ1) is 14.6. The Morgan fingerprint density at radius 2 is 2.10 bits per heavy atom. The number of ether oxygens (including phenoxy) is 1. The van der Waals surface area contributed by atoms with Crippen molar-refractivity contribution in [2.45, 2.75) is 13.5 Å². The molecular weight excluding hydrogens is 264 g/mol. The monoisotopic (exact) mass is 280 g/mol. The van der Waals surface area contributed by atoms with E-state index in [9.17, 15) is 4.79 Å². The Kier molecular flexibility index (Phi) is 5.36. The molecule has 0 aliphatic rings. The zero-order valence-electron chi connectivity index (χ0n) is 11.8. The molecule has 2 aromatic rings. The van der Waals surface area contributed by atoms with Gasteiger partial charge >= 0.3 is 6.09 Å². The molecule has 0 saturated carbocycles. The fourth-order valence-electron chi connectivity index (χ4n) is 1.63. The maximum absolute atomic E-state index is 11.5. The van der Waals surface area contributed by atoms with E-state index in [1.54, 1.807) is 6.20 Å². The lowest BCUT2D eigenvalue weighted by atomic mass is 10.2. The van der Waals surface area contributed by atoms with Crippen LogP contribution in [0.2, 0.25) is 0 Å². The molecule has 2 rings (SSSR count). The smallest absolute Gasteiger partial charge is 0.408 e. The molecule has 0 bridgehead atoms. The minimum absolute atomic E-state index is 0.225. The summed E-state index contributed by atoms with van der Waals surface area (Å²) in [4.78, 5) is 15.6. The highest BCUT2D eigenvalue weighted by atomic mass is 16.5. The normalized spacial score (nSPS) is 9.38. The summed E-state index contributed by atoms with van der Waals surface area (Å²) in [5, 5.41) is 2.58. The quantitative estimate of drug-likeness (QED) is 0.879. The Labute approximate surface area is 124 Å². The van der Waals surface area contributed by atoms with Crippen molar-refractivity contribution >= 4 is 6.09 Å². The lowest BCUT2D eigenvalue weighted by Gasteiger charge is -2.04. The maximum atomic E-state index is 11.5. The van der Waals surface area contributed by atoms with E-state index in [-0.39, 0.29) is 13.2 Å². The third-order valence-electron chi connectivity index (χ3n) is 2.67. The van der Waals surface area contributed by atoms with Crippen molar-refractivity contribution in [3.63, 3.8) is 0 Å². The Hall–Kier alpha value is -2.80. The van der Waals surface area contributed by atoms with Gasteiger partial charge in [0.25, 0.3) is 0 Å². The molecule has 0 aliphatic heterocycles. The maximum Gasteiger partial charge on any atom is 0.408 e. The number of alkyl carbamates (subject to hydrolysis) is 1. The summed E-state index contributed by atoms with van der Waals surface area (Å²) in [6, 6.07) is 13.3. The first-order valence-electron chi connectivity index (χ1n) is 6.60. The van der Waals surface area contributed by atoms with Crippen molar-refractivity contribution in [3.8, 4) is 11.8 Å². The molecule has 0 saturated heterocycles. The van der Waals surface area contributed by atoms with Gasteiger partial charge in [0.05, 0.1) is 6.54 Å². The number of carbonyl (C=O) groups excluding carboxylic acids is 1. The molecule has 4 heteroatoms. The van der Waals surface area contributed by atoms with Crippen molar-refractivity contribution in [1.82, 2.24) is 10.3 Å². The van der Waals surface area contributed by atoms with E-state index in [1.807, 2.05) is 49.4 Å². The predicted octanol–water partition coefficient (Wildman–Crippen LogP) is 2.67. The molecule has 1 aromatic carbocycles. The molecule has 1 aromatic heterocycles. The fourth-order valence-corrected chi connectivity index (χ4v) is 1.63. The third-order valence-corrected chi connectivity index (χ3v) is 2.67. The highest BCUT2D eigenvalue weighted by molar-refractivity contribution is 5.67. The van der Waals surface area contributed by atoms with Gasteiger partial charge in [0.15, 0.2) is 0 Å². The second-order valence-corrected chi connectivity index (χ2v) is 4.44. The number of carbonyl (C=O) groups is 1. The van der Waals surface area contributed by atoms with E-state index in [4.69, 9.17) is 4.74 Å². The molecule has 0 radical (unpaired) electrons. The van der Waals surface area contributed by atoms with Gasteiger partial charge in [-0.1, -0.05) is 36.3 Å². The molecule has 0 spiro atoms. The first-order valence-corrected chi connectivity index (χ1v) is 6.60. The average molecular weight is 280 g/mol. The van der Waals surface area contributed by atoms with Crippen LogP contribution in [0.5, 0.6) is 0 Å². The van der Waals surface area contributed by atoms with Crippen molar-refractivity contribution in [2.24, 2.45) is 0 Å². The molecule has 0 aliphatic carbocycles. The van der Waals surface area contributed by atoms with Gasteiger partial charge in [0.1, 0.15) is 12.3 Å². The van der Waals surface area contributed by atoms with Crippen molar-refractivity contribution in [3.05, 3.63) is 65.5 Å². The Balaban J connectivity index is 1.72. The summed E-state index contributed by atoms with van der Waals surface area (Å²) in [5.74, 6) is 5.72. The standard InChI is InChI=1S/C17H16N2O2/c1-14-9-11-18-16(12-14)8-5-10-19-17(20)21-13-15-6-3-2-4-7-15/h2-4,6-7,9,11-12H,10,13H2,1H3,(H,19,20). The lowest BCUT2D eigenvalue weighted by molar-refractivity contribution is 0.141. The van der Waals surface area contributed by atoms with Crippen LogP contribution in [0.1, 0.15) is 16.8 Å². The van der Waals surface area contributed by atoms with Gasteiger partial charge in [-0.2, -0.15) is 0 Å². The Bertz CT molecular complexity index is 657. The SMILES string of the molecule is Cc1ccnc(C#CCNC(=O)OCc2ccccc2)c1. The molecule has 0 unspecified atom stereocenters. The van der Waals surface area contributed by atoms with Crippen LogP contribution < -0.4 is 5.32 Å². The number of rotatable bonds is 3. The number of benzene rings is 1. The predicted molar refractivity (Wildman–Crippen MR) is 80.5 cm³/mol. The Morgan fingerprint density at radius 3 is 2.86 bits per heavy atom. The zero-order valence-corrected chi connectivity index (χ0v) is 11.8. The van der Waals surface area contributed by atoms with Crippen molar-refractivity contribution in [2.75, 3.05) is 6.54 Å². The van der Waals surface area contributed by atoms with Gasteiger partial charge < -0.3 is 10.1 Å². The number of hydrogen-bond acceptors (Lipinski definition) is 3. The van der Waals surface area contributed by atoms with Crippen molar-refractivity contribution in [1.29, 1.82) is 0 Å². The van der Waals surface area contributed by atoms with Crippen LogP contribution in [0.4, 0.5) is 4.79 Å². The fraction of sp³-hybridized carbons (Fsp3) is 0.176. The summed E-state index contributed by atoms with van der Waals surface area (Å²) in [7, 11) is 0. The van der Waals surface area contributed by atoms with Crippen LogP contribution in [0.15, 0.2) is 48.7 Å². The summed E-state index contributed by atoms with van der Waals surface area (Å²) >= 11 is 0. The number of hydrogen-bond donors (Lipinski definition) is 1.